The first-order valence-corrected chi connectivity index (χ1v) is 9.47. The van der Waals surface area contributed by atoms with Crippen molar-refractivity contribution in [2.75, 3.05) is 25.1 Å². The first-order chi connectivity index (χ1) is 12.0. The molecular weight excluding hydrogens is 373 g/mol. The molecule has 0 amide bonds. The van der Waals surface area contributed by atoms with Crippen LogP contribution in [0.25, 0.3) is 0 Å². The van der Waals surface area contributed by atoms with Crippen LogP contribution < -0.4 is 5.32 Å². The molecule has 1 saturated heterocycles. The van der Waals surface area contributed by atoms with Crippen LogP contribution in [0.2, 0.25) is 10.0 Å². The van der Waals surface area contributed by atoms with Gasteiger partial charge in [-0.25, -0.2) is 0 Å². The van der Waals surface area contributed by atoms with Crippen LogP contribution in [0, 0.1) is 6.92 Å². The van der Waals surface area contributed by atoms with E-state index < -0.39 is 0 Å². The monoisotopic (exact) mass is 393 g/mol. The number of rotatable bonds is 3. The van der Waals surface area contributed by atoms with Gasteiger partial charge in [-0.05, 0) is 61.0 Å². The highest BCUT2D eigenvalue weighted by Gasteiger charge is 2.20. The summed E-state index contributed by atoms with van der Waals surface area (Å²) in [6.07, 6.45) is 1.08. The van der Waals surface area contributed by atoms with Crippen molar-refractivity contribution in [2.45, 2.75) is 19.9 Å². The SMILES string of the molecule is Cc1c(Cl)cccc1NC(=S)N1CCCN(Cc2cccc(Cl)c2)C1. The molecule has 132 valence electrons. The minimum atomic E-state index is 0.737. The van der Waals surface area contributed by atoms with E-state index in [1.807, 2.05) is 43.3 Å². The van der Waals surface area contributed by atoms with Crippen molar-refractivity contribution < 1.29 is 0 Å². The Morgan fingerprint density at radius 2 is 1.96 bits per heavy atom. The fourth-order valence-corrected chi connectivity index (χ4v) is 3.64. The molecule has 1 aliphatic heterocycles. The van der Waals surface area contributed by atoms with Crippen molar-refractivity contribution in [1.29, 1.82) is 0 Å². The van der Waals surface area contributed by atoms with Gasteiger partial charge in [-0.2, -0.15) is 0 Å². The van der Waals surface area contributed by atoms with Crippen molar-refractivity contribution in [2.24, 2.45) is 0 Å². The average Bonchev–Trinajstić information content (AvgIpc) is 2.59. The van der Waals surface area contributed by atoms with E-state index in [-0.39, 0.29) is 0 Å². The van der Waals surface area contributed by atoms with Gasteiger partial charge >= 0.3 is 0 Å². The lowest BCUT2D eigenvalue weighted by Crippen LogP contribution is -2.48. The standard InChI is InChI=1S/C19H21Cl2N3S/c1-14-17(21)7-3-8-18(14)22-19(25)24-10-4-9-23(13-24)12-15-5-2-6-16(20)11-15/h2-3,5-8,11H,4,9-10,12-13H2,1H3,(H,22,25). The number of hydrogen-bond donors (Lipinski definition) is 1. The summed E-state index contributed by atoms with van der Waals surface area (Å²) in [4.78, 5) is 4.58. The molecule has 3 nitrogen and oxygen atoms in total. The van der Waals surface area contributed by atoms with Crippen LogP contribution >= 0.6 is 35.4 Å². The van der Waals surface area contributed by atoms with Gasteiger partial charge in [0.2, 0.25) is 0 Å². The van der Waals surface area contributed by atoms with Gasteiger partial charge in [-0.15, -0.1) is 0 Å². The summed E-state index contributed by atoms with van der Waals surface area (Å²) in [7, 11) is 0. The maximum atomic E-state index is 6.19. The van der Waals surface area contributed by atoms with Crippen LogP contribution in [-0.2, 0) is 6.54 Å². The Morgan fingerprint density at radius 3 is 2.76 bits per heavy atom. The van der Waals surface area contributed by atoms with Gasteiger partial charge in [-0.1, -0.05) is 41.4 Å². The fraction of sp³-hybridized carbons (Fsp3) is 0.316. The fourth-order valence-electron chi connectivity index (χ4n) is 2.99. The topological polar surface area (TPSA) is 18.5 Å². The highest BCUT2D eigenvalue weighted by atomic mass is 35.5. The van der Waals surface area contributed by atoms with E-state index in [0.29, 0.717) is 0 Å². The minimum Gasteiger partial charge on any atom is -0.336 e. The molecule has 2 aromatic carbocycles. The van der Waals surface area contributed by atoms with E-state index in [2.05, 4.69) is 21.2 Å². The lowest BCUT2D eigenvalue weighted by Gasteiger charge is -2.37. The summed E-state index contributed by atoms with van der Waals surface area (Å²) in [5, 5.41) is 5.60. The van der Waals surface area contributed by atoms with Crippen LogP contribution in [0.1, 0.15) is 17.5 Å². The maximum absolute atomic E-state index is 6.19. The average molecular weight is 394 g/mol. The molecular formula is C19H21Cl2N3S. The number of anilines is 1. The smallest absolute Gasteiger partial charge is 0.174 e. The third-order valence-corrected chi connectivity index (χ3v) is 5.37. The summed E-state index contributed by atoms with van der Waals surface area (Å²) in [5.41, 5.74) is 3.20. The van der Waals surface area contributed by atoms with Crippen molar-refractivity contribution in [1.82, 2.24) is 9.80 Å². The van der Waals surface area contributed by atoms with Crippen LogP contribution in [0.5, 0.6) is 0 Å². The lowest BCUT2D eigenvalue weighted by molar-refractivity contribution is 0.134. The molecule has 1 fully saturated rings. The highest BCUT2D eigenvalue weighted by molar-refractivity contribution is 7.80. The van der Waals surface area contributed by atoms with Crippen molar-refractivity contribution in [3.8, 4) is 0 Å². The Morgan fingerprint density at radius 1 is 1.16 bits per heavy atom. The predicted molar refractivity (Wildman–Crippen MR) is 110 cm³/mol. The number of thiocarbonyl (C=S) groups is 1. The van der Waals surface area contributed by atoms with Gasteiger partial charge in [0.05, 0.1) is 6.67 Å². The Kier molecular flexibility index (Phi) is 6.18. The van der Waals surface area contributed by atoms with E-state index in [1.54, 1.807) is 0 Å². The molecule has 1 aliphatic rings. The van der Waals surface area contributed by atoms with Crippen molar-refractivity contribution in [3.05, 3.63) is 63.6 Å². The Hall–Kier alpha value is -1.33. The molecule has 25 heavy (non-hydrogen) atoms. The number of nitrogens with one attached hydrogen (secondary N) is 1. The normalized spacial score (nSPS) is 15.2. The zero-order valence-electron chi connectivity index (χ0n) is 14.1. The molecule has 2 aromatic rings. The summed E-state index contributed by atoms with van der Waals surface area (Å²) in [6.45, 7) is 5.68. The summed E-state index contributed by atoms with van der Waals surface area (Å²) < 4.78 is 0. The maximum Gasteiger partial charge on any atom is 0.174 e. The van der Waals surface area contributed by atoms with Crippen LogP contribution in [0.3, 0.4) is 0 Å². The molecule has 1 heterocycles. The molecule has 0 spiro atoms. The second kappa shape index (κ2) is 8.37. The van der Waals surface area contributed by atoms with Crippen LogP contribution in [0.4, 0.5) is 5.69 Å². The van der Waals surface area contributed by atoms with Crippen LogP contribution in [0.15, 0.2) is 42.5 Å². The van der Waals surface area contributed by atoms with Gasteiger partial charge in [0.25, 0.3) is 0 Å². The molecule has 0 aliphatic carbocycles. The molecule has 0 unspecified atom stereocenters. The van der Waals surface area contributed by atoms with Gasteiger partial charge in [0, 0.05) is 35.4 Å². The lowest BCUT2D eigenvalue weighted by atomic mass is 10.2. The molecule has 0 atom stereocenters. The number of nitrogens with zero attached hydrogens (tertiary/aromatic N) is 2. The Balaban J connectivity index is 1.62. The summed E-state index contributed by atoms with van der Waals surface area (Å²) in [6, 6.07) is 13.8. The molecule has 0 bridgehead atoms. The van der Waals surface area contributed by atoms with Crippen molar-refractivity contribution >= 4 is 46.2 Å². The molecule has 0 aromatic heterocycles. The Labute approximate surface area is 164 Å². The Bertz CT molecular complexity index is 766. The molecule has 3 rings (SSSR count). The largest absolute Gasteiger partial charge is 0.336 e. The molecule has 1 N–H and O–H groups in total. The van der Waals surface area contributed by atoms with Gasteiger partial charge in [0.15, 0.2) is 5.11 Å². The van der Waals surface area contributed by atoms with E-state index in [0.717, 1.165) is 59.1 Å². The number of hydrogen-bond acceptors (Lipinski definition) is 2. The second-order valence-corrected chi connectivity index (χ2v) is 7.51. The summed E-state index contributed by atoms with van der Waals surface area (Å²) in [5.74, 6) is 0. The first-order valence-electron chi connectivity index (χ1n) is 8.31. The predicted octanol–water partition coefficient (Wildman–Crippen LogP) is 5.16. The van der Waals surface area contributed by atoms with Gasteiger partial charge < -0.3 is 10.2 Å². The zero-order valence-corrected chi connectivity index (χ0v) is 16.5. The van der Waals surface area contributed by atoms with E-state index in [9.17, 15) is 0 Å². The van der Waals surface area contributed by atoms with E-state index in [4.69, 9.17) is 35.4 Å². The van der Waals surface area contributed by atoms with Crippen molar-refractivity contribution in [3.63, 3.8) is 0 Å². The summed E-state index contributed by atoms with van der Waals surface area (Å²) >= 11 is 17.9. The molecule has 6 heteroatoms. The number of benzene rings is 2. The third-order valence-electron chi connectivity index (χ3n) is 4.36. The quantitative estimate of drug-likeness (QED) is 0.725. The number of halogens is 2. The van der Waals surface area contributed by atoms with E-state index >= 15 is 0 Å². The van der Waals surface area contributed by atoms with Crippen LogP contribution in [-0.4, -0.2) is 34.7 Å². The highest BCUT2D eigenvalue weighted by Crippen LogP contribution is 2.23. The van der Waals surface area contributed by atoms with Gasteiger partial charge in [0.1, 0.15) is 0 Å². The first kappa shape index (κ1) is 18.5. The zero-order chi connectivity index (χ0) is 17.8. The molecule has 0 radical (unpaired) electrons. The second-order valence-electron chi connectivity index (χ2n) is 6.28. The minimum absolute atomic E-state index is 0.737. The third kappa shape index (κ3) is 4.85. The van der Waals surface area contributed by atoms with Gasteiger partial charge in [-0.3, -0.25) is 4.90 Å². The van der Waals surface area contributed by atoms with E-state index in [1.165, 1.54) is 5.56 Å². The molecule has 0 saturated carbocycles.